The first-order valence-corrected chi connectivity index (χ1v) is 8.97. The van der Waals surface area contributed by atoms with Gasteiger partial charge in [-0.15, -0.1) is 0 Å². The number of hydrogen-bond donors (Lipinski definition) is 1. The molecule has 22 heavy (non-hydrogen) atoms. The standard InChI is InChI=1S/C16H21N3O2S/c1-13(18-9-11-19(12-10-18)22(17,20)21)15-8-4-6-14-5-2-3-7-16(14)15/h2-8,13H,9-12H2,1H3,(H2,17,20,21)/t13-/m0/s1. The van der Waals surface area contributed by atoms with E-state index in [0.717, 1.165) is 0 Å². The fourth-order valence-corrected chi connectivity index (χ4v) is 3.83. The van der Waals surface area contributed by atoms with E-state index in [4.69, 9.17) is 5.14 Å². The van der Waals surface area contributed by atoms with Crippen molar-refractivity contribution in [3.05, 3.63) is 48.0 Å². The minimum atomic E-state index is -3.57. The number of rotatable bonds is 3. The van der Waals surface area contributed by atoms with Gasteiger partial charge in [-0.2, -0.15) is 12.7 Å². The predicted octanol–water partition coefficient (Wildman–Crippen LogP) is 1.72. The Morgan fingerprint density at radius 1 is 1.00 bits per heavy atom. The summed E-state index contributed by atoms with van der Waals surface area (Å²) in [6, 6.07) is 14.9. The molecule has 1 saturated heterocycles. The molecule has 1 fully saturated rings. The Kier molecular flexibility index (Phi) is 4.18. The van der Waals surface area contributed by atoms with E-state index in [1.54, 1.807) is 0 Å². The second kappa shape index (κ2) is 5.96. The lowest BCUT2D eigenvalue weighted by Gasteiger charge is -2.37. The highest BCUT2D eigenvalue weighted by Gasteiger charge is 2.27. The van der Waals surface area contributed by atoms with Gasteiger partial charge < -0.3 is 0 Å². The van der Waals surface area contributed by atoms with Gasteiger partial charge in [0.1, 0.15) is 0 Å². The Balaban J connectivity index is 1.81. The average Bonchev–Trinajstić information content (AvgIpc) is 2.53. The third kappa shape index (κ3) is 3.01. The molecule has 6 heteroatoms. The van der Waals surface area contributed by atoms with Crippen LogP contribution in [0.2, 0.25) is 0 Å². The van der Waals surface area contributed by atoms with Crippen LogP contribution in [-0.4, -0.2) is 43.8 Å². The second-order valence-corrected chi connectivity index (χ2v) is 7.27. The van der Waals surface area contributed by atoms with Crippen LogP contribution in [0.3, 0.4) is 0 Å². The van der Waals surface area contributed by atoms with E-state index in [9.17, 15) is 8.42 Å². The van der Waals surface area contributed by atoms with Crippen LogP contribution in [0, 0.1) is 0 Å². The minimum absolute atomic E-state index is 0.244. The first-order chi connectivity index (χ1) is 10.5. The summed E-state index contributed by atoms with van der Waals surface area (Å²) >= 11 is 0. The fraction of sp³-hybridized carbons (Fsp3) is 0.375. The fourth-order valence-electron chi connectivity index (χ4n) is 3.16. The maximum Gasteiger partial charge on any atom is 0.276 e. The molecule has 1 aliphatic heterocycles. The number of nitrogens with zero attached hydrogens (tertiary/aromatic N) is 2. The molecule has 0 radical (unpaired) electrons. The molecule has 1 atom stereocenters. The van der Waals surface area contributed by atoms with Gasteiger partial charge in [0, 0.05) is 32.2 Å². The Morgan fingerprint density at radius 3 is 2.32 bits per heavy atom. The molecule has 5 nitrogen and oxygen atoms in total. The molecule has 3 rings (SSSR count). The topological polar surface area (TPSA) is 66.6 Å². The zero-order valence-corrected chi connectivity index (χ0v) is 13.5. The van der Waals surface area contributed by atoms with Crippen LogP contribution in [0.15, 0.2) is 42.5 Å². The first-order valence-electron chi connectivity index (χ1n) is 7.46. The summed E-state index contributed by atoms with van der Waals surface area (Å²) in [6.07, 6.45) is 0. The molecule has 0 spiro atoms. The lowest BCUT2D eigenvalue weighted by atomic mass is 9.98. The summed E-state index contributed by atoms with van der Waals surface area (Å²) in [5.41, 5.74) is 1.28. The van der Waals surface area contributed by atoms with Crippen molar-refractivity contribution in [3.63, 3.8) is 0 Å². The van der Waals surface area contributed by atoms with Gasteiger partial charge in [0.2, 0.25) is 0 Å². The quantitative estimate of drug-likeness (QED) is 0.937. The molecule has 0 amide bonds. The molecule has 2 N–H and O–H groups in total. The van der Waals surface area contributed by atoms with Crippen molar-refractivity contribution in [2.75, 3.05) is 26.2 Å². The Labute approximate surface area is 131 Å². The van der Waals surface area contributed by atoms with E-state index in [1.165, 1.54) is 20.6 Å². The summed E-state index contributed by atoms with van der Waals surface area (Å²) in [5.74, 6) is 0. The lowest BCUT2D eigenvalue weighted by Crippen LogP contribution is -2.51. The molecule has 0 saturated carbocycles. The third-order valence-corrected chi connectivity index (χ3v) is 5.54. The van der Waals surface area contributed by atoms with Gasteiger partial charge in [0.15, 0.2) is 0 Å². The molecule has 0 unspecified atom stereocenters. The summed E-state index contributed by atoms with van der Waals surface area (Å²) in [7, 11) is -3.57. The number of benzene rings is 2. The van der Waals surface area contributed by atoms with Crippen molar-refractivity contribution in [1.82, 2.24) is 9.21 Å². The van der Waals surface area contributed by atoms with Crippen LogP contribution in [-0.2, 0) is 10.2 Å². The monoisotopic (exact) mass is 319 g/mol. The van der Waals surface area contributed by atoms with Crippen LogP contribution < -0.4 is 5.14 Å². The van der Waals surface area contributed by atoms with Gasteiger partial charge in [0.25, 0.3) is 10.2 Å². The van der Waals surface area contributed by atoms with Gasteiger partial charge in [-0.1, -0.05) is 42.5 Å². The zero-order chi connectivity index (χ0) is 15.7. The van der Waals surface area contributed by atoms with Crippen LogP contribution in [0.5, 0.6) is 0 Å². The van der Waals surface area contributed by atoms with Crippen molar-refractivity contribution >= 4 is 21.0 Å². The molecule has 1 heterocycles. The Bertz CT molecular complexity index is 763. The highest BCUT2D eigenvalue weighted by atomic mass is 32.2. The van der Waals surface area contributed by atoms with Gasteiger partial charge in [-0.3, -0.25) is 4.90 Å². The molecule has 2 aromatic rings. The Hall–Kier alpha value is -1.47. The number of hydrogen-bond acceptors (Lipinski definition) is 3. The molecule has 118 valence electrons. The van der Waals surface area contributed by atoms with Crippen molar-refractivity contribution in [2.45, 2.75) is 13.0 Å². The third-order valence-electron chi connectivity index (χ3n) is 4.45. The van der Waals surface area contributed by atoms with Gasteiger partial charge in [0.05, 0.1) is 0 Å². The molecular weight excluding hydrogens is 298 g/mol. The van der Waals surface area contributed by atoms with Crippen molar-refractivity contribution in [1.29, 1.82) is 0 Å². The largest absolute Gasteiger partial charge is 0.294 e. The Morgan fingerprint density at radius 2 is 1.64 bits per heavy atom. The van der Waals surface area contributed by atoms with Crippen LogP contribution in [0.1, 0.15) is 18.5 Å². The molecule has 0 bridgehead atoms. The smallest absolute Gasteiger partial charge is 0.276 e. The number of nitrogens with two attached hydrogens (primary N) is 1. The van der Waals surface area contributed by atoms with Crippen LogP contribution in [0.4, 0.5) is 0 Å². The highest BCUT2D eigenvalue weighted by Crippen LogP contribution is 2.28. The minimum Gasteiger partial charge on any atom is -0.294 e. The maximum absolute atomic E-state index is 11.4. The van der Waals surface area contributed by atoms with Crippen LogP contribution in [0.25, 0.3) is 10.8 Å². The van der Waals surface area contributed by atoms with E-state index in [0.29, 0.717) is 26.2 Å². The van der Waals surface area contributed by atoms with Crippen molar-refractivity contribution in [2.24, 2.45) is 5.14 Å². The maximum atomic E-state index is 11.4. The number of fused-ring (bicyclic) bond motifs is 1. The summed E-state index contributed by atoms with van der Waals surface area (Å²) in [6.45, 7) is 4.47. The van der Waals surface area contributed by atoms with E-state index >= 15 is 0 Å². The normalized spacial score (nSPS) is 19.4. The average molecular weight is 319 g/mol. The summed E-state index contributed by atoms with van der Waals surface area (Å²) < 4.78 is 24.1. The first kappa shape index (κ1) is 15.4. The molecule has 0 aromatic heterocycles. The van der Waals surface area contributed by atoms with Crippen molar-refractivity contribution < 1.29 is 8.42 Å². The van der Waals surface area contributed by atoms with Gasteiger partial charge in [-0.25, -0.2) is 5.14 Å². The van der Waals surface area contributed by atoms with E-state index in [1.807, 2.05) is 6.07 Å². The predicted molar refractivity (Wildman–Crippen MR) is 88.6 cm³/mol. The zero-order valence-electron chi connectivity index (χ0n) is 12.6. The molecule has 2 aromatic carbocycles. The molecule has 1 aliphatic rings. The molecular formula is C16H21N3O2S. The number of piperazine rings is 1. The van der Waals surface area contributed by atoms with E-state index in [2.05, 4.69) is 48.2 Å². The van der Waals surface area contributed by atoms with Gasteiger partial charge in [-0.05, 0) is 23.3 Å². The summed E-state index contributed by atoms with van der Waals surface area (Å²) in [4.78, 5) is 2.31. The molecule has 0 aliphatic carbocycles. The van der Waals surface area contributed by atoms with Crippen molar-refractivity contribution in [3.8, 4) is 0 Å². The lowest BCUT2D eigenvalue weighted by molar-refractivity contribution is 0.146. The van der Waals surface area contributed by atoms with Crippen LogP contribution >= 0.6 is 0 Å². The SMILES string of the molecule is C[C@@H](c1cccc2ccccc12)N1CCN(S(N)(=O)=O)CC1. The second-order valence-electron chi connectivity index (χ2n) is 5.72. The highest BCUT2D eigenvalue weighted by molar-refractivity contribution is 7.86. The van der Waals surface area contributed by atoms with Gasteiger partial charge >= 0.3 is 0 Å². The van der Waals surface area contributed by atoms with E-state index < -0.39 is 10.2 Å². The van der Waals surface area contributed by atoms with E-state index in [-0.39, 0.29) is 6.04 Å². The summed E-state index contributed by atoms with van der Waals surface area (Å²) in [5, 5.41) is 7.68.